The number of Topliss-reactive ketones (excluding diaryl/α,β-unsaturated/α-hetero) is 2. The molecule has 0 radical (unpaired) electrons. The van der Waals surface area contributed by atoms with Crippen molar-refractivity contribution in [3.8, 4) is 6.01 Å². The first-order valence-electron chi connectivity index (χ1n) is 14.5. The van der Waals surface area contributed by atoms with Gasteiger partial charge in [0.25, 0.3) is 0 Å². The molecule has 9 heteroatoms. The van der Waals surface area contributed by atoms with E-state index in [9.17, 15) is 9.59 Å². The van der Waals surface area contributed by atoms with Gasteiger partial charge in [-0.2, -0.15) is 9.97 Å². The van der Waals surface area contributed by atoms with Crippen LogP contribution in [0.1, 0.15) is 89.0 Å². The summed E-state index contributed by atoms with van der Waals surface area (Å²) in [7, 11) is 2.12. The first-order chi connectivity index (χ1) is 18.2. The smallest absolute Gasteiger partial charge is 0.319 e. The minimum absolute atomic E-state index is 0.108. The lowest BCUT2D eigenvalue weighted by Crippen LogP contribution is -2.54. The Kier molecular flexibility index (Phi) is 7.78. The Morgan fingerprint density at radius 2 is 1.87 bits per heavy atom. The van der Waals surface area contributed by atoms with Crippen LogP contribution in [0.15, 0.2) is 17.3 Å². The Morgan fingerprint density at radius 1 is 1.13 bits per heavy atom. The molecule has 5 rings (SSSR count). The summed E-state index contributed by atoms with van der Waals surface area (Å²) in [6.07, 6.45) is 7.35. The molecule has 1 saturated carbocycles. The number of aromatic nitrogens is 2. The molecule has 2 saturated heterocycles. The second kappa shape index (κ2) is 10.9. The quantitative estimate of drug-likeness (QED) is 0.541. The van der Waals surface area contributed by atoms with Gasteiger partial charge in [-0.15, -0.1) is 0 Å². The van der Waals surface area contributed by atoms with E-state index in [-0.39, 0.29) is 41.8 Å². The first-order valence-corrected chi connectivity index (χ1v) is 14.5. The van der Waals surface area contributed by atoms with Gasteiger partial charge in [0.1, 0.15) is 23.4 Å². The molecule has 1 aromatic rings. The fourth-order valence-electron chi connectivity index (χ4n) is 7.19. The van der Waals surface area contributed by atoms with Gasteiger partial charge in [0.15, 0.2) is 0 Å². The molecule has 0 bridgehead atoms. The lowest BCUT2D eigenvalue weighted by molar-refractivity contribution is -0.129. The Balaban J connectivity index is 1.50. The number of carbonyl (C=O) groups is 2. The lowest BCUT2D eigenvalue weighted by Gasteiger charge is -2.40. The van der Waals surface area contributed by atoms with Crippen molar-refractivity contribution < 1.29 is 14.3 Å². The molecule has 1 spiro atoms. The average Bonchev–Trinajstić information content (AvgIpc) is 3.32. The second-order valence-corrected chi connectivity index (χ2v) is 12.1. The summed E-state index contributed by atoms with van der Waals surface area (Å²) in [5.41, 5.74) is 7.34. The van der Waals surface area contributed by atoms with Crippen LogP contribution in [0.25, 0.3) is 0 Å². The van der Waals surface area contributed by atoms with Crippen molar-refractivity contribution in [2.24, 2.45) is 11.1 Å². The zero-order valence-electron chi connectivity index (χ0n) is 23.5. The van der Waals surface area contributed by atoms with Gasteiger partial charge in [0.05, 0.1) is 5.41 Å². The number of likely N-dealkylation sites (tertiary alicyclic amines) is 1. The summed E-state index contributed by atoms with van der Waals surface area (Å²) in [6, 6.07) is 2.89. The Hall–Kier alpha value is -2.52. The molecular formula is C29H44N6O3. The van der Waals surface area contributed by atoms with Crippen molar-refractivity contribution in [2.45, 2.75) is 103 Å². The number of ketones is 2. The van der Waals surface area contributed by atoms with E-state index in [1.807, 2.05) is 0 Å². The highest BCUT2D eigenvalue weighted by Gasteiger charge is 2.46. The van der Waals surface area contributed by atoms with Crippen LogP contribution in [-0.4, -0.2) is 77.3 Å². The van der Waals surface area contributed by atoms with Gasteiger partial charge < -0.3 is 20.7 Å². The topological polar surface area (TPSA) is 114 Å². The number of carbonyl (C=O) groups excluding carboxylic acids is 2. The van der Waals surface area contributed by atoms with Crippen molar-refractivity contribution >= 4 is 17.4 Å². The van der Waals surface area contributed by atoms with Crippen molar-refractivity contribution in [3.63, 3.8) is 0 Å². The van der Waals surface area contributed by atoms with E-state index in [0.717, 1.165) is 64.6 Å². The van der Waals surface area contributed by atoms with Crippen molar-refractivity contribution in [1.82, 2.24) is 20.2 Å². The SMILES string of the molecule is C[C@H](Oc1nc(C(=O)C2=C(N)[C@]3(CCCCC3=O)CCC2)cc(N2C[C@H](C)N[C@@H](C)C2)n1)[C@@H]1CCCN1C. The molecule has 0 amide bonds. The van der Waals surface area contributed by atoms with Crippen molar-refractivity contribution in [2.75, 3.05) is 31.6 Å². The van der Waals surface area contributed by atoms with Crippen LogP contribution >= 0.6 is 0 Å². The van der Waals surface area contributed by atoms with Crippen LogP contribution in [0.2, 0.25) is 0 Å². The second-order valence-electron chi connectivity index (χ2n) is 12.1. The minimum atomic E-state index is -0.679. The standard InChI is InChI=1S/C29H44N6O3/c1-18-16-35(17-19(2)31-18)25-15-22(32-28(33-25)38-20(3)23-10-8-14-34(23)4)26(37)21-9-7-13-29(27(21)30)12-6-5-11-24(29)36/h15,18-20,23,31H,5-14,16-17,30H2,1-4H3/t18-,19-,20-,23-,29+/m0/s1. The largest absolute Gasteiger partial charge is 0.459 e. The summed E-state index contributed by atoms with van der Waals surface area (Å²) in [4.78, 5) is 41.0. The number of nitrogens with one attached hydrogen (secondary N) is 1. The third-order valence-electron chi connectivity index (χ3n) is 9.15. The van der Waals surface area contributed by atoms with Gasteiger partial charge in [-0.05, 0) is 79.3 Å². The zero-order chi connectivity index (χ0) is 27.0. The number of nitrogens with zero attached hydrogens (tertiary/aromatic N) is 4. The highest BCUT2D eigenvalue weighted by molar-refractivity contribution is 6.09. The maximum Gasteiger partial charge on any atom is 0.319 e. The maximum absolute atomic E-state index is 14.0. The van der Waals surface area contributed by atoms with Crippen LogP contribution in [0.5, 0.6) is 6.01 Å². The molecule has 0 unspecified atom stereocenters. The normalized spacial score (nSPS) is 31.6. The molecule has 3 fully saturated rings. The van der Waals surface area contributed by atoms with E-state index in [1.165, 1.54) is 0 Å². The summed E-state index contributed by atoms with van der Waals surface area (Å²) in [6.45, 7) is 8.96. The molecule has 9 nitrogen and oxygen atoms in total. The number of hydrogen-bond donors (Lipinski definition) is 2. The van der Waals surface area contributed by atoms with E-state index in [1.54, 1.807) is 6.07 Å². The van der Waals surface area contributed by atoms with Crippen LogP contribution in [-0.2, 0) is 4.79 Å². The molecule has 5 atom stereocenters. The monoisotopic (exact) mass is 524 g/mol. The van der Waals surface area contributed by atoms with Gasteiger partial charge in [-0.3, -0.25) is 14.5 Å². The minimum Gasteiger partial charge on any atom is -0.459 e. The predicted octanol–water partition coefficient (Wildman–Crippen LogP) is 3.23. The molecule has 3 heterocycles. The zero-order valence-corrected chi connectivity index (χ0v) is 23.5. The summed E-state index contributed by atoms with van der Waals surface area (Å²) in [5, 5.41) is 3.55. The fourth-order valence-corrected chi connectivity index (χ4v) is 7.19. The summed E-state index contributed by atoms with van der Waals surface area (Å²) in [5.74, 6) is 0.691. The highest BCUT2D eigenvalue weighted by Crippen LogP contribution is 2.47. The van der Waals surface area contributed by atoms with Crippen molar-refractivity contribution in [3.05, 3.63) is 23.0 Å². The maximum atomic E-state index is 14.0. The number of ether oxygens (including phenoxy) is 1. The summed E-state index contributed by atoms with van der Waals surface area (Å²) < 4.78 is 6.33. The Bertz CT molecular complexity index is 1100. The number of piperazine rings is 1. The molecule has 208 valence electrons. The van der Waals surface area contributed by atoms with Gasteiger partial charge in [0, 0.05) is 55.0 Å². The Labute approximate surface area is 226 Å². The average molecular weight is 525 g/mol. The van der Waals surface area contributed by atoms with E-state index in [4.69, 9.17) is 15.5 Å². The molecule has 0 aromatic carbocycles. The van der Waals surface area contributed by atoms with Crippen LogP contribution in [0.3, 0.4) is 0 Å². The van der Waals surface area contributed by atoms with Gasteiger partial charge in [0.2, 0.25) is 5.78 Å². The van der Waals surface area contributed by atoms with Gasteiger partial charge in [-0.25, -0.2) is 0 Å². The number of hydrogen-bond acceptors (Lipinski definition) is 9. The van der Waals surface area contributed by atoms with E-state index < -0.39 is 5.41 Å². The Morgan fingerprint density at radius 3 is 2.55 bits per heavy atom. The van der Waals surface area contributed by atoms with E-state index in [0.29, 0.717) is 35.6 Å². The van der Waals surface area contributed by atoms with E-state index in [2.05, 4.69) is 47.9 Å². The molecular weight excluding hydrogens is 480 g/mol. The molecule has 2 aliphatic carbocycles. The first kappa shape index (κ1) is 27.1. The molecule has 4 aliphatic rings. The number of rotatable bonds is 6. The third kappa shape index (κ3) is 5.19. The molecule has 38 heavy (non-hydrogen) atoms. The van der Waals surface area contributed by atoms with Crippen molar-refractivity contribution in [1.29, 1.82) is 0 Å². The van der Waals surface area contributed by atoms with Crippen LogP contribution in [0.4, 0.5) is 5.82 Å². The van der Waals surface area contributed by atoms with Crippen LogP contribution < -0.4 is 20.7 Å². The highest BCUT2D eigenvalue weighted by atomic mass is 16.5. The number of allylic oxidation sites excluding steroid dienone is 2. The number of anilines is 1. The predicted molar refractivity (Wildman–Crippen MR) is 147 cm³/mol. The lowest BCUT2D eigenvalue weighted by atomic mass is 9.64. The van der Waals surface area contributed by atoms with E-state index >= 15 is 0 Å². The molecule has 3 N–H and O–H groups in total. The fraction of sp³-hybridized carbons (Fsp3) is 0.724. The number of likely N-dealkylation sites (N-methyl/N-ethyl adjacent to an activating group) is 1. The van der Waals surface area contributed by atoms with Gasteiger partial charge >= 0.3 is 6.01 Å². The number of nitrogens with two attached hydrogens (primary N) is 1. The summed E-state index contributed by atoms with van der Waals surface area (Å²) >= 11 is 0. The third-order valence-corrected chi connectivity index (χ3v) is 9.15. The van der Waals surface area contributed by atoms with Gasteiger partial charge in [-0.1, -0.05) is 6.42 Å². The van der Waals surface area contributed by atoms with Crippen LogP contribution in [0, 0.1) is 5.41 Å². The molecule has 2 aliphatic heterocycles. The molecule has 1 aromatic heterocycles.